The molecule has 0 unspecified atom stereocenters. The number of nitrogens with two attached hydrogens (primary N) is 1. The maximum absolute atomic E-state index is 10.8. The number of carbonyl (C=O) groups is 1. The molecule has 0 spiro atoms. The van der Waals surface area contributed by atoms with Gasteiger partial charge in [-0.1, -0.05) is 18.2 Å². The van der Waals surface area contributed by atoms with Crippen molar-refractivity contribution >= 4 is 21.8 Å². The minimum Gasteiger partial charge on any atom is -0.545 e. The lowest BCUT2D eigenvalue weighted by Gasteiger charge is -2.14. The number of nitrogens with zero attached hydrogens (tertiary/aromatic N) is 1. The van der Waals surface area contributed by atoms with Gasteiger partial charge < -0.3 is 9.90 Å². The summed E-state index contributed by atoms with van der Waals surface area (Å²) in [5.41, 5.74) is -0.426. The van der Waals surface area contributed by atoms with Gasteiger partial charge >= 0.3 is 0 Å². The van der Waals surface area contributed by atoms with Gasteiger partial charge in [0.15, 0.2) is 0 Å². The second kappa shape index (κ2) is 8.25. The summed E-state index contributed by atoms with van der Waals surface area (Å²) in [5, 5.41) is 18.7. The topological polar surface area (TPSA) is 115 Å². The van der Waals surface area contributed by atoms with Crippen molar-refractivity contribution in [3.8, 4) is 0 Å². The van der Waals surface area contributed by atoms with Crippen LogP contribution in [-0.4, -0.2) is 44.4 Å². The first kappa shape index (κ1) is 18.4. The first-order valence-corrected chi connectivity index (χ1v) is 9.62. The van der Waals surface area contributed by atoms with Crippen LogP contribution in [0.3, 0.4) is 0 Å². The van der Waals surface area contributed by atoms with Crippen LogP contribution in [-0.2, 0) is 10.0 Å². The fourth-order valence-electron chi connectivity index (χ4n) is 2.90. The molecule has 0 fully saturated rings. The summed E-state index contributed by atoms with van der Waals surface area (Å²) >= 11 is 0. The van der Waals surface area contributed by atoms with Crippen molar-refractivity contribution in [1.82, 2.24) is 5.32 Å². The van der Waals surface area contributed by atoms with Crippen molar-refractivity contribution < 1.29 is 22.9 Å². The van der Waals surface area contributed by atoms with Crippen molar-refractivity contribution in [2.24, 2.45) is 5.14 Å². The minimum atomic E-state index is -4.00. The Hall–Kier alpha value is -1.93. The Morgan fingerprint density at radius 3 is 2.50 bits per heavy atom. The fraction of sp³-hybridized carbons (Fsp3) is 0.500. The van der Waals surface area contributed by atoms with Crippen molar-refractivity contribution in [2.75, 3.05) is 19.6 Å². The van der Waals surface area contributed by atoms with Crippen LogP contribution < -0.4 is 15.6 Å². The largest absolute Gasteiger partial charge is 0.545 e. The van der Waals surface area contributed by atoms with E-state index in [4.69, 9.17) is 5.14 Å². The van der Waals surface area contributed by atoms with Gasteiger partial charge in [-0.15, -0.1) is 0 Å². The Labute approximate surface area is 142 Å². The zero-order valence-corrected chi connectivity index (χ0v) is 14.3. The Balaban J connectivity index is 0.000000175. The predicted octanol–water partition coefficient (Wildman–Crippen LogP) is -0.338. The molecular weight excluding hydrogens is 330 g/mol. The Bertz CT molecular complexity index is 711. The second-order valence-electron chi connectivity index (χ2n) is 5.85. The summed E-state index contributed by atoms with van der Waals surface area (Å²) in [6.07, 6.45) is 6.81. The van der Waals surface area contributed by atoms with E-state index in [9.17, 15) is 18.3 Å². The standard InChI is InChI=1S/C9H16N2.C7H7NO4S/c1-2-5-9-10-6-4-8-11(9)7-3-1;8-13(11,12)6-4-2-1-3-5(6)7(9)10/h1-8H2;1-4H,(H,9,10)(H2,8,11,12). The van der Waals surface area contributed by atoms with E-state index < -0.39 is 26.5 Å². The van der Waals surface area contributed by atoms with Crippen LogP contribution in [0.5, 0.6) is 0 Å². The summed E-state index contributed by atoms with van der Waals surface area (Å²) in [5.74, 6) is -0.0432. The van der Waals surface area contributed by atoms with E-state index in [-0.39, 0.29) is 0 Å². The van der Waals surface area contributed by atoms with E-state index in [0.29, 0.717) is 0 Å². The summed E-state index contributed by atoms with van der Waals surface area (Å²) in [6.45, 7) is 3.79. The molecule has 2 aliphatic heterocycles. The third-order valence-electron chi connectivity index (χ3n) is 4.07. The SMILES string of the molecule is C1CCC2=[N+](CC1)CCCN2.NS(=O)(=O)c1ccccc1C(=O)[O-]. The molecule has 1 aromatic carbocycles. The van der Waals surface area contributed by atoms with Crippen LogP contribution in [0.4, 0.5) is 0 Å². The number of primary sulfonamides is 1. The van der Waals surface area contributed by atoms with Gasteiger partial charge in [0.05, 0.1) is 30.5 Å². The highest BCUT2D eigenvalue weighted by Crippen LogP contribution is 2.12. The van der Waals surface area contributed by atoms with Crippen molar-refractivity contribution in [3.63, 3.8) is 0 Å². The predicted molar refractivity (Wildman–Crippen MR) is 88.2 cm³/mol. The van der Waals surface area contributed by atoms with Crippen LogP contribution in [0.15, 0.2) is 29.2 Å². The van der Waals surface area contributed by atoms with E-state index in [2.05, 4.69) is 9.89 Å². The number of carbonyl (C=O) groups excluding carboxylic acids is 1. The smallest absolute Gasteiger partial charge is 0.244 e. The van der Waals surface area contributed by atoms with Crippen molar-refractivity contribution in [2.45, 2.75) is 37.0 Å². The summed E-state index contributed by atoms with van der Waals surface area (Å²) < 4.78 is 24.2. The van der Waals surface area contributed by atoms with E-state index in [1.54, 1.807) is 0 Å². The summed E-state index contributed by atoms with van der Waals surface area (Å²) in [7, 11) is -4.00. The number of sulfonamides is 1. The number of nitrogens with one attached hydrogen (secondary N) is 1. The molecular formula is C16H23N3O4S. The molecule has 24 heavy (non-hydrogen) atoms. The van der Waals surface area contributed by atoms with Crippen molar-refractivity contribution in [1.29, 1.82) is 0 Å². The first-order valence-electron chi connectivity index (χ1n) is 8.07. The quantitative estimate of drug-likeness (QED) is 0.706. The van der Waals surface area contributed by atoms with E-state index >= 15 is 0 Å². The number of rotatable bonds is 2. The molecule has 0 bridgehead atoms. The average molecular weight is 353 g/mol. The molecule has 0 amide bonds. The van der Waals surface area contributed by atoms with Gasteiger partial charge in [-0.25, -0.2) is 13.6 Å². The molecule has 0 atom stereocenters. The molecule has 0 aromatic heterocycles. The maximum Gasteiger partial charge on any atom is 0.244 e. The van der Waals surface area contributed by atoms with E-state index in [1.165, 1.54) is 69.7 Å². The Kier molecular flexibility index (Phi) is 6.33. The average Bonchev–Trinajstić information content (AvgIpc) is 2.80. The maximum atomic E-state index is 10.8. The van der Waals surface area contributed by atoms with Gasteiger partial charge in [0.25, 0.3) is 0 Å². The number of aromatic carboxylic acids is 1. The Morgan fingerprint density at radius 2 is 1.83 bits per heavy atom. The van der Waals surface area contributed by atoms with Gasteiger partial charge in [0.2, 0.25) is 15.9 Å². The van der Waals surface area contributed by atoms with Gasteiger partial charge in [0, 0.05) is 18.4 Å². The van der Waals surface area contributed by atoms with Gasteiger partial charge in [-0.05, 0) is 25.3 Å². The molecule has 3 rings (SSSR count). The van der Waals surface area contributed by atoms with Gasteiger partial charge in [-0.3, -0.25) is 9.89 Å². The molecule has 0 radical (unpaired) electrons. The molecule has 132 valence electrons. The Morgan fingerprint density at radius 1 is 1.12 bits per heavy atom. The molecule has 0 aliphatic carbocycles. The lowest BCUT2D eigenvalue weighted by Crippen LogP contribution is -2.40. The molecule has 8 heteroatoms. The summed E-state index contributed by atoms with van der Waals surface area (Å²) in [4.78, 5) is 10.0. The number of carboxylic acid groups (broad SMARTS) is 1. The highest BCUT2D eigenvalue weighted by atomic mass is 32.2. The number of benzene rings is 1. The van der Waals surface area contributed by atoms with Crippen LogP contribution >= 0.6 is 0 Å². The number of hydrogen-bond donors (Lipinski definition) is 2. The molecule has 2 heterocycles. The van der Waals surface area contributed by atoms with Crippen LogP contribution in [0.2, 0.25) is 0 Å². The third-order valence-corrected chi connectivity index (χ3v) is 5.04. The van der Waals surface area contributed by atoms with E-state index in [0.717, 1.165) is 12.1 Å². The van der Waals surface area contributed by atoms with Gasteiger partial charge in [-0.2, -0.15) is 0 Å². The molecule has 0 saturated carbocycles. The monoisotopic (exact) mass is 353 g/mol. The van der Waals surface area contributed by atoms with Crippen LogP contribution in [0, 0.1) is 0 Å². The van der Waals surface area contributed by atoms with Crippen LogP contribution in [0.25, 0.3) is 0 Å². The number of carboxylic acids is 1. The fourth-order valence-corrected chi connectivity index (χ4v) is 3.62. The lowest BCUT2D eigenvalue weighted by atomic mass is 10.2. The molecule has 2 aliphatic rings. The molecule has 3 N–H and O–H groups in total. The number of amidine groups is 1. The van der Waals surface area contributed by atoms with Crippen LogP contribution in [0.1, 0.15) is 42.5 Å². The molecule has 1 aromatic rings. The first-order chi connectivity index (χ1) is 11.4. The molecule has 7 nitrogen and oxygen atoms in total. The van der Waals surface area contributed by atoms with Crippen molar-refractivity contribution in [3.05, 3.63) is 29.8 Å². The van der Waals surface area contributed by atoms with E-state index in [1.807, 2.05) is 0 Å². The highest BCUT2D eigenvalue weighted by Gasteiger charge is 2.19. The highest BCUT2D eigenvalue weighted by molar-refractivity contribution is 7.89. The van der Waals surface area contributed by atoms with Gasteiger partial charge in [0.1, 0.15) is 0 Å². The summed E-state index contributed by atoms with van der Waals surface area (Å²) in [6, 6.07) is 5.00. The normalized spacial score (nSPS) is 17.7. The lowest BCUT2D eigenvalue weighted by molar-refractivity contribution is -0.534. The second-order valence-corrected chi connectivity index (χ2v) is 7.38. The third kappa shape index (κ3) is 5.04. The zero-order valence-electron chi connectivity index (χ0n) is 13.5. The zero-order chi connectivity index (χ0) is 17.6. The molecule has 0 saturated heterocycles. The number of hydrogen-bond acceptors (Lipinski definition) is 5. The minimum absolute atomic E-state index is 0.426.